The molecule has 0 spiro atoms. The third-order valence-corrected chi connectivity index (χ3v) is 5.60. The maximum Gasteiger partial charge on any atom is 0.312 e. The van der Waals surface area contributed by atoms with E-state index in [0.29, 0.717) is 6.54 Å². The van der Waals surface area contributed by atoms with Crippen LogP contribution in [0.4, 0.5) is 0 Å². The summed E-state index contributed by atoms with van der Waals surface area (Å²) < 4.78 is 1.79. The highest BCUT2D eigenvalue weighted by molar-refractivity contribution is 5.94. The second-order valence-corrected chi connectivity index (χ2v) is 7.18. The Morgan fingerprint density at radius 1 is 1.16 bits per heavy atom. The molecule has 130 valence electrons. The number of carboxylic acids is 2. The van der Waals surface area contributed by atoms with Gasteiger partial charge in [0.25, 0.3) is 0 Å². The van der Waals surface area contributed by atoms with Gasteiger partial charge in [0, 0.05) is 31.4 Å². The van der Waals surface area contributed by atoms with Crippen LogP contribution in [0, 0.1) is 17.8 Å². The van der Waals surface area contributed by atoms with Crippen LogP contribution in [-0.2, 0) is 16.1 Å². The lowest BCUT2D eigenvalue weighted by Crippen LogP contribution is -2.28. The second-order valence-electron chi connectivity index (χ2n) is 7.18. The van der Waals surface area contributed by atoms with Gasteiger partial charge in [-0.2, -0.15) is 5.10 Å². The predicted octanol–water partition coefficient (Wildman–Crippen LogP) is 1.54. The molecular weight excluding hydrogens is 322 g/mol. The number of carboxylic acid groups (broad SMARTS) is 2. The van der Waals surface area contributed by atoms with E-state index in [9.17, 15) is 19.8 Å². The molecule has 1 aromatic carbocycles. The van der Waals surface area contributed by atoms with Crippen LogP contribution in [0.25, 0.3) is 5.69 Å². The van der Waals surface area contributed by atoms with E-state index < -0.39 is 22.8 Å². The number of para-hydroxylation sites is 1. The average molecular weight is 341 g/mol. The lowest BCUT2D eigenvalue weighted by atomic mass is 9.97. The summed E-state index contributed by atoms with van der Waals surface area (Å²) in [4.78, 5) is 25.1. The van der Waals surface area contributed by atoms with E-state index in [0.717, 1.165) is 16.8 Å². The molecule has 25 heavy (non-hydrogen) atoms. The normalized spacial score (nSPS) is 27.9. The fraction of sp³-hybridized carbons (Fsp3) is 0.389. The summed E-state index contributed by atoms with van der Waals surface area (Å²) in [5, 5.41) is 23.4. The van der Waals surface area contributed by atoms with Gasteiger partial charge in [0.1, 0.15) is 0 Å². The smallest absolute Gasteiger partial charge is 0.312 e. The van der Waals surface area contributed by atoms with Crippen molar-refractivity contribution in [3.05, 3.63) is 47.8 Å². The van der Waals surface area contributed by atoms with Gasteiger partial charge in [-0.1, -0.05) is 18.2 Å². The van der Waals surface area contributed by atoms with Crippen molar-refractivity contribution in [3.8, 4) is 5.69 Å². The zero-order chi connectivity index (χ0) is 17.8. The lowest BCUT2D eigenvalue weighted by molar-refractivity contribution is -0.151. The third kappa shape index (κ3) is 2.19. The first kappa shape index (κ1) is 15.8. The predicted molar refractivity (Wildman–Crippen MR) is 88.3 cm³/mol. The standard InChI is InChI=1S/C18H19N3O4/c1-12-4-2-3-5-14(12)21-8-13(6-19-21)7-20-10-17(15(22)23)9-18(17,11-20)16(24)25/h2-6,8H,7,9-11H2,1H3,(H,22,23)(H,24,25)/t17-,18+. The molecule has 1 aliphatic heterocycles. The van der Waals surface area contributed by atoms with Gasteiger partial charge in [0.2, 0.25) is 0 Å². The number of likely N-dealkylation sites (tertiary alicyclic amines) is 1. The molecule has 2 N–H and O–H groups in total. The zero-order valence-corrected chi connectivity index (χ0v) is 13.8. The molecule has 2 heterocycles. The molecule has 0 radical (unpaired) electrons. The van der Waals surface area contributed by atoms with Crippen molar-refractivity contribution in [3.63, 3.8) is 0 Å². The number of aromatic nitrogens is 2. The van der Waals surface area contributed by atoms with Gasteiger partial charge in [0.15, 0.2) is 0 Å². The van der Waals surface area contributed by atoms with Crippen LogP contribution in [0.1, 0.15) is 17.5 Å². The van der Waals surface area contributed by atoms with Gasteiger partial charge in [0.05, 0.1) is 22.7 Å². The fourth-order valence-electron chi connectivity index (χ4n) is 4.16. The number of carbonyl (C=O) groups is 2. The third-order valence-electron chi connectivity index (χ3n) is 5.60. The molecule has 2 aliphatic rings. The molecule has 1 aromatic heterocycles. The lowest BCUT2D eigenvalue weighted by Gasteiger charge is -2.18. The minimum Gasteiger partial charge on any atom is -0.481 e. The van der Waals surface area contributed by atoms with Crippen molar-refractivity contribution in [1.29, 1.82) is 0 Å². The molecule has 4 rings (SSSR count). The maximum absolute atomic E-state index is 11.6. The van der Waals surface area contributed by atoms with E-state index in [-0.39, 0.29) is 19.5 Å². The first-order valence-corrected chi connectivity index (χ1v) is 8.17. The number of fused-ring (bicyclic) bond motifs is 1. The first-order valence-electron chi connectivity index (χ1n) is 8.17. The zero-order valence-electron chi connectivity index (χ0n) is 13.8. The van der Waals surface area contributed by atoms with E-state index in [1.807, 2.05) is 42.3 Å². The molecular formula is C18H19N3O4. The SMILES string of the molecule is Cc1ccccc1-n1cc(CN2C[C@@]3(C(=O)O)C[C@@]3(C(=O)O)C2)cn1. The Morgan fingerprint density at radius 3 is 2.40 bits per heavy atom. The summed E-state index contributed by atoms with van der Waals surface area (Å²) in [6.45, 7) is 3.04. The molecule has 1 saturated carbocycles. The average Bonchev–Trinajstić information content (AvgIpc) is 2.88. The highest BCUT2D eigenvalue weighted by Gasteiger charge is 2.80. The van der Waals surface area contributed by atoms with E-state index >= 15 is 0 Å². The van der Waals surface area contributed by atoms with Crippen LogP contribution in [0.15, 0.2) is 36.7 Å². The molecule has 2 atom stereocenters. The molecule has 0 bridgehead atoms. The van der Waals surface area contributed by atoms with Gasteiger partial charge in [-0.3, -0.25) is 14.5 Å². The summed E-state index contributed by atoms with van der Waals surface area (Å²) in [5.74, 6) is -2.01. The Kier molecular flexibility index (Phi) is 3.27. The fourth-order valence-corrected chi connectivity index (χ4v) is 4.16. The Bertz CT molecular complexity index is 849. The van der Waals surface area contributed by atoms with Crippen molar-refractivity contribution >= 4 is 11.9 Å². The molecule has 2 aromatic rings. The van der Waals surface area contributed by atoms with Crippen molar-refractivity contribution in [1.82, 2.24) is 14.7 Å². The van der Waals surface area contributed by atoms with E-state index in [4.69, 9.17) is 0 Å². The molecule has 0 amide bonds. The molecule has 1 saturated heterocycles. The van der Waals surface area contributed by atoms with Crippen molar-refractivity contribution < 1.29 is 19.8 Å². The number of piperidine rings is 1. The molecule has 0 unspecified atom stereocenters. The minimum absolute atomic E-state index is 0.226. The Labute approximate surface area is 144 Å². The number of benzene rings is 1. The highest BCUT2D eigenvalue weighted by Crippen LogP contribution is 2.68. The number of rotatable bonds is 5. The molecule has 2 fully saturated rings. The van der Waals surface area contributed by atoms with E-state index in [1.165, 1.54) is 0 Å². The van der Waals surface area contributed by atoms with Crippen molar-refractivity contribution in [2.24, 2.45) is 10.8 Å². The number of hydrogen-bond donors (Lipinski definition) is 2. The number of aliphatic carboxylic acids is 2. The van der Waals surface area contributed by atoms with Crippen LogP contribution >= 0.6 is 0 Å². The Hall–Kier alpha value is -2.67. The summed E-state index contributed by atoms with van der Waals surface area (Å²) >= 11 is 0. The number of nitrogens with zero attached hydrogens (tertiary/aromatic N) is 3. The molecule has 7 nitrogen and oxygen atoms in total. The summed E-state index contributed by atoms with van der Waals surface area (Å²) in [6, 6.07) is 7.91. The number of aryl methyl sites for hydroxylation is 1. The van der Waals surface area contributed by atoms with Gasteiger partial charge >= 0.3 is 11.9 Å². The van der Waals surface area contributed by atoms with Gasteiger partial charge in [-0.25, -0.2) is 4.68 Å². The summed E-state index contributed by atoms with van der Waals surface area (Å²) in [6.07, 6.45) is 3.88. The van der Waals surface area contributed by atoms with E-state index in [2.05, 4.69) is 5.10 Å². The van der Waals surface area contributed by atoms with Gasteiger partial charge in [-0.15, -0.1) is 0 Å². The molecule has 7 heteroatoms. The summed E-state index contributed by atoms with van der Waals surface area (Å²) in [7, 11) is 0. The quantitative estimate of drug-likeness (QED) is 0.856. The maximum atomic E-state index is 11.6. The first-order chi connectivity index (χ1) is 11.9. The second kappa shape index (κ2) is 5.16. The summed E-state index contributed by atoms with van der Waals surface area (Å²) in [5.41, 5.74) is 0.761. The van der Waals surface area contributed by atoms with Crippen LogP contribution < -0.4 is 0 Å². The molecule has 1 aliphatic carbocycles. The minimum atomic E-state index is -1.13. The number of hydrogen-bond acceptors (Lipinski definition) is 4. The van der Waals surface area contributed by atoms with Crippen LogP contribution in [-0.4, -0.2) is 49.9 Å². The topological polar surface area (TPSA) is 95.7 Å². The largest absolute Gasteiger partial charge is 0.481 e. The van der Waals surface area contributed by atoms with E-state index in [1.54, 1.807) is 10.9 Å². The Balaban J connectivity index is 1.53. The Morgan fingerprint density at radius 2 is 1.80 bits per heavy atom. The van der Waals surface area contributed by atoms with Crippen molar-refractivity contribution in [2.45, 2.75) is 19.9 Å². The monoisotopic (exact) mass is 341 g/mol. The highest BCUT2D eigenvalue weighted by atomic mass is 16.4. The van der Waals surface area contributed by atoms with Gasteiger partial charge < -0.3 is 10.2 Å². The van der Waals surface area contributed by atoms with Crippen LogP contribution in [0.5, 0.6) is 0 Å². The van der Waals surface area contributed by atoms with Crippen LogP contribution in [0.3, 0.4) is 0 Å². The van der Waals surface area contributed by atoms with Gasteiger partial charge in [-0.05, 0) is 25.0 Å². The van der Waals surface area contributed by atoms with Crippen LogP contribution in [0.2, 0.25) is 0 Å². The van der Waals surface area contributed by atoms with Crippen molar-refractivity contribution in [2.75, 3.05) is 13.1 Å².